The molecule has 0 aliphatic heterocycles. The number of benzene rings is 7. The summed E-state index contributed by atoms with van der Waals surface area (Å²) in [5.41, 5.74) is 10.8. The summed E-state index contributed by atoms with van der Waals surface area (Å²) >= 11 is 0. The lowest BCUT2D eigenvalue weighted by Crippen LogP contribution is -2.10. The Morgan fingerprint density at radius 1 is 0.479 bits per heavy atom. The number of pyridine rings is 2. The van der Waals surface area contributed by atoms with Crippen LogP contribution in [0.5, 0.6) is 0 Å². The van der Waals surface area contributed by atoms with E-state index in [1.165, 1.54) is 16.2 Å². The predicted octanol–water partition coefficient (Wildman–Crippen LogP) is 11.6. The van der Waals surface area contributed by atoms with Crippen molar-refractivity contribution in [2.75, 3.05) is 4.90 Å². The van der Waals surface area contributed by atoms with Gasteiger partial charge >= 0.3 is 0 Å². The molecule has 10 aromatic rings. The second-order valence-electron chi connectivity index (χ2n) is 12.3. The molecule has 3 aromatic heterocycles. The third-order valence-corrected chi connectivity index (χ3v) is 9.57. The Morgan fingerprint density at radius 2 is 1.21 bits per heavy atom. The lowest BCUT2D eigenvalue weighted by atomic mass is 9.98. The number of nitrogens with zero attached hydrogens (tertiary/aromatic N) is 4. The van der Waals surface area contributed by atoms with E-state index < -0.39 is 0 Å². The van der Waals surface area contributed by atoms with Gasteiger partial charge in [0.15, 0.2) is 0 Å². The summed E-state index contributed by atoms with van der Waals surface area (Å²) in [5.74, 6) is 0. The lowest BCUT2D eigenvalue weighted by molar-refractivity contribution is 1.30. The Morgan fingerprint density at radius 3 is 2.12 bits per heavy atom. The van der Waals surface area contributed by atoms with E-state index in [-0.39, 0.29) is 0 Å². The van der Waals surface area contributed by atoms with E-state index in [1.54, 1.807) is 0 Å². The summed E-state index contributed by atoms with van der Waals surface area (Å²) in [6.07, 6.45) is 1.87. The molecule has 0 saturated heterocycles. The van der Waals surface area contributed by atoms with E-state index >= 15 is 0 Å². The summed E-state index contributed by atoms with van der Waals surface area (Å²) < 4.78 is 2.32. The van der Waals surface area contributed by atoms with Gasteiger partial charge in [-0.25, -0.2) is 4.98 Å². The van der Waals surface area contributed by atoms with Crippen molar-refractivity contribution in [3.8, 4) is 11.1 Å². The molecule has 0 unspecified atom stereocenters. The molecule has 3 heterocycles. The van der Waals surface area contributed by atoms with Gasteiger partial charge in [0.1, 0.15) is 5.65 Å². The quantitative estimate of drug-likeness (QED) is 0.185. The topological polar surface area (TPSA) is 33.4 Å². The molecule has 10 rings (SSSR count). The van der Waals surface area contributed by atoms with Gasteiger partial charge in [-0.15, -0.1) is 0 Å². The maximum atomic E-state index is 5.17. The Kier molecular flexibility index (Phi) is 5.84. The number of anilines is 3. The molecule has 0 fully saturated rings. The van der Waals surface area contributed by atoms with Gasteiger partial charge in [0.05, 0.1) is 33.1 Å². The first kappa shape index (κ1) is 26.7. The molecule has 4 heteroatoms. The van der Waals surface area contributed by atoms with Crippen LogP contribution in [-0.4, -0.2) is 14.4 Å². The first-order valence-electron chi connectivity index (χ1n) is 16.3. The maximum absolute atomic E-state index is 5.17. The van der Waals surface area contributed by atoms with Crippen LogP contribution in [0.2, 0.25) is 0 Å². The van der Waals surface area contributed by atoms with Gasteiger partial charge in [0, 0.05) is 33.7 Å². The van der Waals surface area contributed by atoms with E-state index in [0.29, 0.717) is 0 Å². The number of hydrogen-bond acceptors (Lipinski definition) is 3. The molecule has 0 bridgehead atoms. The van der Waals surface area contributed by atoms with Crippen LogP contribution in [0.1, 0.15) is 0 Å². The van der Waals surface area contributed by atoms with Crippen molar-refractivity contribution >= 4 is 77.1 Å². The van der Waals surface area contributed by atoms with Crippen molar-refractivity contribution in [1.29, 1.82) is 0 Å². The van der Waals surface area contributed by atoms with E-state index in [2.05, 4.69) is 167 Å². The van der Waals surface area contributed by atoms with Crippen molar-refractivity contribution in [2.24, 2.45) is 0 Å². The van der Waals surface area contributed by atoms with Crippen LogP contribution in [-0.2, 0) is 0 Å². The van der Waals surface area contributed by atoms with E-state index in [9.17, 15) is 0 Å². The molecule has 7 aromatic carbocycles. The molecule has 0 atom stereocenters. The highest BCUT2D eigenvalue weighted by molar-refractivity contribution is 6.22. The summed E-state index contributed by atoms with van der Waals surface area (Å²) in [4.78, 5) is 12.3. The molecule has 0 N–H and O–H groups in total. The van der Waals surface area contributed by atoms with Crippen LogP contribution in [0.4, 0.5) is 17.1 Å². The zero-order valence-electron chi connectivity index (χ0n) is 26.0. The number of aromatic nitrogens is 3. The number of fused-ring (bicyclic) bond motifs is 11. The largest absolute Gasteiger partial charge is 0.310 e. The summed E-state index contributed by atoms with van der Waals surface area (Å²) in [6.45, 7) is 0. The van der Waals surface area contributed by atoms with Crippen LogP contribution in [0, 0.1) is 0 Å². The van der Waals surface area contributed by atoms with Gasteiger partial charge in [0.25, 0.3) is 0 Å². The fourth-order valence-electron chi connectivity index (χ4n) is 7.37. The molecule has 0 spiro atoms. The maximum Gasteiger partial charge on any atom is 0.148 e. The first-order chi connectivity index (χ1) is 23.8. The Hall–Kier alpha value is -6.52. The number of rotatable bonds is 4. The number of imidazole rings is 1. The second-order valence-corrected chi connectivity index (χ2v) is 12.3. The number of para-hydroxylation sites is 3. The number of hydrogen-bond donors (Lipinski definition) is 0. The summed E-state index contributed by atoms with van der Waals surface area (Å²) in [5, 5.41) is 6.98. The smallest absolute Gasteiger partial charge is 0.148 e. The second kappa shape index (κ2) is 10.5. The van der Waals surface area contributed by atoms with Crippen LogP contribution in [0.15, 0.2) is 170 Å². The van der Waals surface area contributed by atoms with Crippen LogP contribution in [0.25, 0.3) is 71.2 Å². The molecular formula is C44H28N4. The zero-order chi connectivity index (χ0) is 31.6. The molecular weight excluding hydrogens is 585 g/mol. The molecule has 48 heavy (non-hydrogen) atoms. The van der Waals surface area contributed by atoms with Crippen molar-refractivity contribution in [2.45, 2.75) is 0 Å². The predicted molar refractivity (Wildman–Crippen MR) is 201 cm³/mol. The van der Waals surface area contributed by atoms with Crippen LogP contribution in [0.3, 0.4) is 0 Å². The minimum atomic E-state index is 0.934. The molecule has 0 saturated carbocycles. The highest BCUT2D eigenvalue weighted by Crippen LogP contribution is 2.41. The normalized spacial score (nSPS) is 11.8. The zero-order valence-corrected chi connectivity index (χ0v) is 26.0. The van der Waals surface area contributed by atoms with E-state index in [4.69, 9.17) is 9.97 Å². The summed E-state index contributed by atoms with van der Waals surface area (Å²) in [7, 11) is 0. The van der Waals surface area contributed by atoms with Gasteiger partial charge in [-0.1, -0.05) is 109 Å². The molecule has 0 aliphatic carbocycles. The highest BCUT2D eigenvalue weighted by atomic mass is 15.1. The molecule has 4 nitrogen and oxygen atoms in total. The average molecular weight is 613 g/mol. The average Bonchev–Trinajstić information content (AvgIpc) is 3.55. The van der Waals surface area contributed by atoms with Gasteiger partial charge in [-0.2, -0.15) is 0 Å². The van der Waals surface area contributed by atoms with Gasteiger partial charge < -0.3 is 4.90 Å². The van der Waals surface area contributed by atoms with E-state index in [1.807, 2.05) is 12.3 Å². The molecule has 0 amide bonds. The van der Waals surface area contributed by atoms with Crippen LogP contribution >= 0.6 is 0 Å². The molecule has 0 aliphatic rings. The minimum absolute atomic E-state index is 0.934. The molecule has 224 valence electrons. The Labute approximate surface area is 276 Å². The van der Waals surface area contributed by atoms with Crippen LogP contribution < -0.4 is 4.90 Å². The minimum Gasteiger partial charge on any atom is -0.310 e. The molecule has 0 radical (unpaired) electrons. The summed E-state index contributed by atoms with van der Waals surface area (Å²) in [6, 6.07) is 58.4. The van der Waals surface area contributed by atoms with Crippen molar-refractivity contribution in [3.63, 3.8) is 0 Å². The van der Waals surface area contributed by atoms with Crippen molar-refractivity contribution in [1.82, 2.24) is 14.4 Å². The third kappa shape index (κ3) is 4.03. The van der Waals surface area contributed by atoms with Gasteiger partial charge in [-0.3, -0.25) is 9.38 Å². The van der Waals surface area contributed by atoms with E-state index in [0.717, 1.165) is 72.1 Å². The highest BCUT2D eigenvalue weighted by Gasteiger charge is 2.18. The monoisotopic (exact) mass is 612 g/mol. The Bertz CT molecular complexity index is 2830. The van der Waals surface area contributed by atoms with Gasteiger partial charge in [0.2, 0.25) is 0 Å². The lowest BCUT2D eigenvalue weighted by Gasteiger charge is -2.27. The Balaban J connectivity index is 1.17. The van der Waals surface area contributed by atoms with Gasteiger partial charge in [-0.05, 0) is 76.5 Å². The fourth-order valence-corrected chi connectivity index (χ4v) is 7.37. The van der Waals surface area contributed by atoms with Crippen molar-refractivity contribution in [3.05, 3.63) is 170 Å². The first-order valence-corrected chi connectivity index (χ1v) is 16.3. The SMILES string of the molecule is c1ccc(N(c2ccc(-c3ccc4c5ccc6cccnc6c5c5nc6ccccc6n5c4c3)cc2)c2cccc3ccccc23)cc1. The fraction of sp³-hybridized carbons (Fsp3) is 0. The van der Waals surface area contributed by atoms with Crippen molar-refractivity contribution < 1.29 is 0 Å². The third-order valence-electron chi connectivity index (χ3n) is 9.57. The standard InChI is InChI=1S/C44H28N4/c1-2-13-33(14-3-1)47(39-18-8-11-30-10-4-5-15-35(30)39)34-23-19-29(20-24-34)32-22-25-36-37-26-21-31-12-9-27-45-43(31)42(37)44-46-38-16-6-7-17-40(38)48(44)41(36)28-32/h1-28H.